The average molecular weight is 447 g/mol. The van der Waals surface area contributed by atoms with Gasteiger partial charge in [0.25, 0.3) is 5.91 Å². The molecule has 0 unspecified atom stereocenters. The topological polar surface area (TPSA) is 65.1 Å². The molecule has 0 aliphatic heterocycles. The average Bonchev–Trinajstić information content (AvgIpc) is 2.98. The first-order chi connectivity index (χ1) is 8.66. The summed E-state index contributed by atoms with van der Waals surface area (Å²) >= 11 is 0. The van der Waals surface area contributed by atoms with Crippen molar-refractivity contribution in [1.29, 1.82) is 0 Å². The van der Waals surface area contributed by atoms with Crippen LogP contribution in [-0.2, 0) is 0 Å². The molecule has 0 saturated carbocycles. The van der Waals surface area contributed by atoms with Crippen molar-refractivity contribution in [3.63, 3.8) is 0 Å². The summed E-state index contributed by atoms with van der Waals surface area (Å²) in [4.78, 5) is 23.2. The fourth-order valence-corrected chi connectivity index (χ4v) is 2.04. The Morgan fingerprint density at radius 1 is 0.789 bits per heavy atom. The molecule has 0 atom stereocenters. The minimum atomic E-state index is -0.498. The fraction of sp³-hybridized carbons (Fsp3) is 0. The number of primary amides is 1. The molecule has 3 aromatic rings. The first-order valence-electron chi connectivity index (χ1n) is 5.51. The number of hydrogen-bond acceptors (Lipinski definition) is 2. The molecular weight excluding hydrogens is 435 g/mol. The predicted molar refractivity (Wildman–Crippen MR) is 76.4 cm³/mol. The number of hydrogen-bond donors (Lipinski definition) is 1. The Hall–Kier alpha value is -1.70. The van der Waals surface area contributed by atoms with Crippen molar-refractivity contribution in [2.45, 2.75) is 0 Å². The van der Waals surface area contributed by atoms with Gasteiger partial charge in [0.2, 0.25) is 5.91 Å². The van der Waals surface area contributed by atoms with Crippen LogP contribution in [0, 0.1) is 0 Å². The first-order valence-corrected chi connectivity index (χ1v) is 5.51. The molecule has 1 aromatic carbocycles. The maximum absolute atomic E-state index is 12.3. The number of carbonyl (C=O) groups excluding carboxylic acids is 2. The standard InChI is InChI=1S/C14H10N2O2.Pb.2H/c15-13(17)9-1-3-10(4-2-9)14(18)16-11-5-6-12(16)8-7-11;;;/h1-8H,(H2,15,17);;;. The van der Waals surface area contributed by atoms with Crippen molar-refractivity contribution in [2.24, 2.45) is 5.73 Å². The Balaban J connectivity index is 0.00000133. The number of fused-ring (bicyclic) bond motifs is 2. The molecule has 2 N–H and O–H groups in total. The normalized spacial score (nSPS) is 10.3. The van der Waals surface area contributed by atoms with E-state index in [1.807, 2.05) is 24.3 Å². The van der Waals surface area contributed by atoms with Crippen molar-refractivity contribution in [1.82, 2.24) is 4.57 Å². The summed E-state index contributed by atoms with van der Waals surface area (Å²) < 4.78 is 1.64. The third-order valence-electron chi connectivity index (χ3n) is 2.99. The molecule has 0 fully saturated rings. The van der Waals surface area contributed by atoms with Gasteiger partial charge in [-0.3, -0.25) is 14.2 Å². The summed E-state index contributed by atoms with van der Waals surface area (Å²) in [5, 5.41) is 0. The number of benzene rings is 2. The molecule has 3 rings (SSSR count). The molecule has 94 valence electrons. The minimum absolute atomic E-state index is 0. The van der Waals surface area contributed by atoms with Gasteiger partial charge in [-0.15, -0.1) is 0 Å². The van der Waals surface area contributed by atoms with E-state index in [2.05, 4.69) is 0 Å². The van der Waals surface area contributed by atoms with Crippen LogP contribution in [0.1, 0.15) is 20.7 Å². The van der Waals surface area contributed by atoms with E-state index in [-0.39, 0.29) is 33.2 Å². The SMILES string of the molecule is NC(=O)c1ccc(C(=O)n2c3ccc2cc3)cc1.[PbH2]. The molecule has 1 amide bonds. The maximum atomic E-state index is 12.3. The summed E-state index contributed by atoms with van der Waals surface area (Å²) in [6.45, 7) is 0. The summed E-state index contributed by atoms with van der Waals surface area (Å²) in [6, 6.07) is 13.9. The van der Waals surface area contributed by atoms with Gasteiger partial charge in [-0.25, -0.2) is 0 Å². The third-order valence-corrected chi connectivity index (χ3v) is 2.99. The van der Waals surface area contributed by atoms with Crippen LogP contribution < -0.4 is 5.73 Å². The van der Waals surface area contributed by atoms with Gasteiger partial charge in [0.15, 0.2) is 0 Å². The van der Waals surface area contributed by atoms with E-state index in [1.165, 1.54) is 0 Å². The van der Waals surface area contributed by atoms with Crippen molar-refractivity contribution in [3.05, 3.63) is 59.7 Å². The number of nitrogens with two attached hydrogens (primary N) is 1. The van der Waals surface area contributed by atoms with E-state index < -0.39 is 5.91 Å². The fourth-order valence-electron chi connectivity index (χ4n) is 2.04. The summed E-state index contributed by atoms with van der Waals surface area (Å²) in [5.74, 6) is -0.603. The molecule has 0 aliphatic carbocycles. The number of carbonyl (C=O) groups is 2. The van der Waals surface area contributed by atoms with Gasteiger partial charge in [-0.05, 0) is 48.5 Å². The molecule has 0 spiro atoms. The molecule has 5 heteroatoms. The molecule has 4 nitrogen and oxygen atoms in total. The molecule has 19 heavy (non-hydrogen) atoms. The van der Waals surface area contributed by atoms with Gasteiger partial charge in [-0.1, -0.05) is 0 Å². The number of aromatic nitrogens is 1. The third kappa shape index (κ3) is 2.27. The second-order valence-corrected chi connectivity index (χ2v) is 4.10. The number of nitrogens with zero attached hydrogens (tertiary/aromatic N) is 1. The van der Waals surface area contributed by atoms with Crippen molar-refractivity contribution in [2.75, 3.05) is 0 Å². The van der Waals surface area contributed by atoms with Crippen LogP contribution in [0.2, 0.25) is 0 Å². The van der Waals surface area contributed by atoms with Crippen LogP contribution in [-0.4, -0.2) is 43.7 Å². The van der Waals surface area contributed by atoms with E-state index in [0.29, 0.717) is 11.1 Å². The molecule has 2 heterocycles. The van der Waals surface area contributed by atoms with Crippen molar-refractivity contribution in [3.8, 4) is 0 Å². The molecule has 2 aromatic heterocycles. The van der Waals surface area contributed by atoms with E-state index in [0.717, 1.165) is 11.0 Å². The van der Waals surface area contributed by atoms with Gasteiger partial charge < -0.3 is 5.73 Å². The van der Waals surface area contributed by atoms with Crippen LogP contribution in [0.15, 0.2) is 48.5 Å². The molecular formula is C14H12N2O2Pb. The van der Waals surface area contributed by atoms with Crippen molar-refractivity contribution < 1.29 is 9.59 Å². The quantitative estimate of drug-likeness (QED) is 0.595. The summed E-state index contributed by atoms with van der Waals surface area (Å²) in [6.07, 6.45) is 0. The van der Waals surface area contributed by atoms with Gasteiger partial charge in [0.1, 0.15) is 0 Å². The molecule has 0 saturated heterocycles. The van der Waals surface area contributed by atoms with Crippen molar-refractivity contribution >= 4 is 50.1 Å². The molecule has 0 aliphatic rings. The Kier molecular flexibility index (Phi) is 3.70. The van der Waals surface area contributed by atoms with Crippen LogP contribution in [0.5, 0.6) is 0 Å². The molecule has 2 bridgehead atoms. The summed E-state index contributed by atoms with van der Waals surface area (Å²) in [7, 11) is 0. The second-order valence-electron chi connectivity index (χ2n) is 4.10. The Labute approximate surface area is 129 Å². The zero-order valence-corrected chi connectivity index (χ0v) is 15.7. The van der Waals surface area contributed by atoms with Crippen LogP contribution in [0.4, 0.5) is 0 Å². The molecule has 2 radical (unpaired) electrons. The van der Waals surface area contributed by atoms with Crippen LogP contribution in [0.25, 0.3) is 11.0 Å². The number of rotatable bonds is 2. The van der Waals surface area contributed by atoms with E-state index >= 15 is 0 Å². The second kappa shape index (κ2) is 5.12. The van der Waals surface area contributed by atoms with E-state index in [1.54, 1.807) is 28.8 Å². The number of amides is 1. The van der Waals surface area contributed by atoms with Gasteiger partial charge >= 0.3 is 27.3 Å². The Morgan fingerprint density at radius 2 is 1.21 bits per heavy atom. The zero-order chi connectivity index (χ0) is 12.7. The van der Waals surface area contributed by atoms with Crippen LogP contribution >= 0.6 is 0 Å². The van der Waals surface area contributed by atoms with Gasteiger partial charge in [0, 0.05) is 22.2 Å². The summed E-state index contributed by atoms with van der Waals surface area (Å²) in [5.41, 5.74) is 7.82. The van der Waals surface area contributed by atoms with E-state index in [9.17, 15) is 9.59 Å². The van der Waals surface area contributed by atoms with Gasteiger partial charge in [0.05, 0.1) is 0 Å². The Bertz CT molecular complexity index is 683. The Morgan fingerprint density at radius 3 is 1.63 bits per heavy atom. The van der Waals surface area contributed by atoms with Crippen LogP contribution in [0.3, 0.4) is 0 Å². The zero-order valence-electron chi connectivity index (χ0n) is 10.2. The van der Waals surface area contributed by atoms with Gasteiger partial charge in [-0.2, -0.15) is 0 Å². The monoisotopic (exact) mass is 448 g/mol. The first kappa shape index (κ1) is 13.7. The predicted octanol–water partition coefficient (Wildman–Crippen LogP) is 0.950. The van der Waals surface area contributed by atoms with E-state index in [4.69, 9.17) is 5.73 Å².